The zero-order valence-electron chi connectivity index (χ0n) is 16.4. The average molecular weight is 407 g/mol. The maximum Gasteiger partial charge on any atom is 0.231 e. The van der Waals surface area contributed by atoms with Gasteiger partial charge in [0.2, 0.25) is 5.91 Å². The van der Waals surface area contributed by atoms with E-state index in [1.54, 1.807) is 12.1 Å². The van der Waals surface area contributed by atoms with Gasteiger partial charge in [-0.15, -0.1) is 10.2 Å². The lowest BCUT2D eigenvalue weighted by Gasteiger charge is -2.08. The van der Waals surface area contributed by atoms with Crippen molar-refractivity contribution in [3.05, 3.63) is 71.0 Å². The highest BCUT2D eigenvalue weighted by molar-refractivity contribution is 7.99. The van der Waals surface area contributed by atoms with E-state index in [1.807, 2.05) is 31.2 Å². The third-order valence-electron chi connectivity index (χ3n) is 5.14. The van der Waals surface area contributed by atoms with Crippen LogP contribution in [0.3, 0.4) is 0 Å². The molecule has 3 aromatic rings. The summed E-state index contributed by atoms with van der Waals surface area (Å²) in [5.74, 6) is 0.928. The van der Waals surface area contributed by atoms with Crippen molar-refractivity contribution in [3.63, 3.8) is 0 Å². The minimum absolute atomic E-state index is 0.0135. The lowest BCUT2D eigenvalue weighted by atomic mass is 9.99. The van der Waals surface area contributed by atoms with Gasteiger partial charge in [-0.05, 0) is 43.2 Å². The van der Waals surface area contributed by atoms with Gasteiger partial charge >= 0.3 is 0 Å². The van der Waals surface area contributed by atoms with Gasteiger partial charge in [0.15, 0.2) is 10.9 Å². The Morgan fingerprint density at radius 3 is 2.72 bits per heavy atom. The Morgan fingerprint density at radius 2 is 1.97 bits per heavy atom. The molecular weight excluding hydrogens is 384 g/mol. The van der Waals surface area contributed by atoms with E-state index < -0.39 is 0 Å². The number of amides is 1. The number of hydrogen-bond donors (Lipinski definition) is 1. The van der Waals surface area contributed by atoms with Crippen LogP contribution in [-0.4, -0.2) is 32.2 Å². The third-order valence-corrected chi connectivity index (χ3v) is 6.11. The first kappa shape index (κ1) is 19.4. The minimum atomic E-state index is -0.228. The van der Waals surface area contributed by atoms with E-state index in [1.165, 1.54) is 17.3 Å². The second-order valence-electron chi connectivity index (χ2n) is 7.03. The SMILES string of the molecule is CCn1c(Cc2ccccc2)nnc1SCC(=O)c1ccc2c(c1)[C@H](C)C(=O)N2. The summed E-state index contributed by atoms with van der Waals surface area (Å²) in [7, 11) is 0. The number of hydrogen-bond acceptors (Lipinski definition) is 5. The van der Waals surface area contributed by atoms with Gasteiger partial charge in [0.25, 0.3) is 0 Å². The van der Waals surface area contributed by atoms with Crippen molar-refractivity contribution in [1.82, 2.24) is 14.8 Å². The third kappa shape index (κ3) is 3.96. The number of aromatic nitrogens is 3. The molecule has 0 saturated carbocycles. The van der Waals surface area contributed by atoms with E-state index in [0.717, 1.165) is 28.8 Å². The number of anilines is 1. The van der Waals surface area contributed by atoms with Gasteiger partial charge in [-0.1, -0.05) is 42.1 Å². The largest absolute Gasteiger partial charge is 0.325 e. The van der Waals surface area contributed by atoms with Crippen LogP contribution >= 0.6 is 11.8 Å². The molecule has 1 atom stereocenters. The Morgan fingerprint density at radius 1 is 1.17 bits per heavy atom. The lowest BCUT2D eigenvalue weighted by Crippen LogP contribution is -2.08. The fraction of sp³-hybridized carbons (Fsp3) is 0.273. The fourth-order valence-corrected chi connectivity index (χ4v) is 4.37. The van der Waals surface area contributed by atoms with Crippen molar-refractivity contribution >= 4 is 29.1 Å². The molecule has 1 aromatic heterocycles. The van der Waals surface area contributed by atoms with Crippen LogP contribution in [0.2, 0.25) is 0 Å². The second-order valence-corrected chi connectivity index (χ2v) is 7.97. The molecule has 0 fully saturated rings. The molecule has 1 N–H and O–H groups in total. The van der Waals surface area contributed by atoms with E-state index in [4.69, 9.17) is 0 Å². The zero-order valence-corrected chi connectivity index (χ0v) is 17.2. The molecule has 0 unspecified atom stereocenters. The van der Waals surface area contributed by atoms with Crippen LogP contribution in [0.15, 0.2) is 53.7 Å². The summed E-state index contributed by atoms with van der Waals surface area (Å²) in [4.78, 5) is 24.5. The van der Waals surface area contributed by atoms with Crippen molar-refractivity contribution in [1.29, 1.82) is 0 Å². The summed E-state index contributed by atoms with van der Waals surface area (Å²) < 4.78 is 2.05. The molecule has 0 spiro atoms. The number of carbonyl (C=O) groups is 2. The Hall–Kier alpha value is -2.93. The van der Waals surface area contributed by atoms with Crippen molar-refractivity contribution < 1.29 is 9.59 Å². The molecule has 2 heterocycles. The number of thioether (sulfide) groups is 1. The molecule has 1 amide bonds. The molecule has 4 rings (SSSR count). The van der Waals surface area contributed by atoms with Crippen LogP contribution in [0, 0.1) is 0 Å². The summed E-state index contributed by atoms with van der Waals surface area (Å²) in [5, 5.41) is 12.2. The Bertz CT molecular complexity index is 1060. The predicted molar refractivity (Wildman–Crippen MR) is 113 cm³/mol. The number of nitrogens with one attached hydrogen (secondary N) is 1. The Labute approximate surface area is 173 Å². The van der Waals surface area contributed by atoms with Gasteiger partial charge in [0.1, 0.15) is 5.82 Å². The molecule has 148 valence electrons. The van der Waals surface area contributed by atoms with Crippen LogP contribution in [0.1, 0.15) is 47.1 Å². The number of fused-ring (bicyclic) bond motifs is 1. The molecule has 0 aliphatic carbocycles. The topological polar surface area (TPSA) is 76.9 Å². The van der Waals surface area contributed by atoms with Gasteiger partial charge in [-0.25, -0.2) is 0 Å². The molecule has 29 heavy (non-hydrogen) atoms. The van der Waals surface area contributed by atoms with E-state index in [9.17, 15) is 9.59 Å². The van der Waals surface area contributed by atoms with E-state index in [2.05, 4.69) is 39.1 Å². The highest BCUT2D eigenvalue weighted by atomic mass is 32.2. The van der Waals surface area contributed by atoms with Crippen molar-refractivity contribution in [2.75, 3.05) is 11.1 Å². The van der Waals surface area contributed by atoms with Gasteiger partial charge in [0, 0.05) is 24.2 Å². The number of carbonyl (C=O) groups excluding carboxylic acids is 2. The summed E-state index contributed by atoms with van der Waals surface area (Å²) >= 11 is 1.40. The summed E-state index contributed by atoms with van der Waals surface area (Å²) in [6, 6.07) is 15.6. The number of nitrogens with zero attached hydrogens (tertiary/aromatic N) is 3. The van der Waals surface area contributed by atoms with Gasteiger partial charge in [-0.3, -0.25) is 9.59 Å². The van der Waals surface area contributed by atoms with Crippen LogP contribution in [0.25, 0.3) is 0 Å². The molecular formula is C22H22N4O2S. The molecule has 0 radical (unpaired) electrons. The van der Waals surface area contributed by atoms with Crippen molar-refractivity contribution in [3.8, 4) is 0 Å². The number of benzene rings is 2. The minimum Gasteiger partial charge on any atom is -0.325 e. The van der Waals surface area contributed by atoms with Gasteiger partial charge in [0.05, 0.1) is 11.7 Å². The standard InChI is InChI=1S/C22H22N4O2S/c1-3-26-20(11-15-7-5-4-6-8-15)24-25-22(26)29-13-19(27)16-9-10-18-17(12-16)14(2)21(28)23-18/h4-10,12,14H,3,11,13H2,1-2H3,(H,23,28)/t14-/m0/s1. The Kier molecular flexibility index (Phi) is 5.49. The molecule has 0 saturated heterocycles. The smallest absolute Gasteiger partial charge is 0.231 e. The number of ketones is 1. The zero-order chi connectivity index (χ0) is 20.4. The highest BCUT2D eigenvalue weighted by Crippen LogP contribution is 2.33. The van der Waals surface area contributed by atoms with Crippen LogP contribution in [0.5, 0.6) is 0 Å². The Balaban J connectivity index is 1.45. The first-order valence-corrected chi connectivity index (χ1v) is 10.6. The first-order valence-electron chi connectivity index (χ1n) is 9.63. The van der Waals surface area contributed by atoms with Crippen LogP contribution < -0.4 is 5.32 Å². The average Bonchev–Trinajstić information content (AvgIpc) is 3.26. The summed E-state index contributed by atoms with van der Waals surface area (Å²) in [6.45, 7) is 4.65. The normalized spacial score (nSPS) is 15.2. The maximum absolute atomic E-state index is 12.7. The van der Waals surface area contributed by atoms with Crippen LogP contribution in [0.4, 0.5) is 5.69 Å². The lowest BCUT2D eigenvalue weighted by molar-refractivity contribution is -0.116. The number of rotatable bonds is 7. The highest BCUT2D eigenvalue weighted by Gasteiger charge is 2.27. The van der Waals surface area contributed by atoms with Crippen molar-refractivity contribution in [2.45, 2.75) is 37.9 Å². The molecule has 7 heteroatoms. The van der Waals surface area contributed by atoms with Gasteiger partial charge in [-0.2, -0.15) is 0 Å². The molecule has 2 aromatic carbocycles. The summed E-state index contributed by atoms with van der Waals surface area (Å²) in [5.41, 5.74) is 3.47. The molecule has 6 nitrogen and oxygen atoms in total. The van der Waals surface area contributed by atoms with E-state index in [-0.39, 0.29) is 23.4 Å². The summed E-state index contributed by atoms with van der Waals surface area (Å²) in [6.07, 6.45) is 0.708. The predicted octanol–water partition coefficient (Wildman–Crippen LogP) is 3.92. The molecule has 1 aliphatic heterocycles. The van der Waals surface area contributed by atoms with Gasteiger partial charge < -0.3 is 9.88 Å². The number of Topliss-reactive ketones (excluding diaryl/α,β-unsaturated/α-hetero) is 1. The van der Waals surface area contributed by atoms with Crippen LogP contribution in [-0.2, 0) is 17.8 Å². The molecule has 1 aliphatic rings. The van der Waals surface area contributed by atoms with E-state index in [0.29, 0.717) is 12.0 Å². The van der Waals surface area contributed by atoms with E-state index >= 15 is 0 Å². The fourth-order valence-electron chi connectivity index (χ4n) is 3.46. The van der Waals surface area contributed by atoms with Crippen molar-refractivity contribution in [2.24, 2.45) is 0 Å². The quantitative estimate of drug-likeness (QED) is 0.475. The monoisotopic (exact) mass is 406 g/mol. The second kappa shape index (κ2) is 8.21. The molecule has 0 bridgehead atoms. The first-order chi connectivity index (χ1) is 14.1. The maximum atomic E-state index is 12.7.